The summed E-state index contributed by atoms with van der Waals surface area (Å²) in [6, 6.07) is 8.11. The molecule has 2 unspecified atom stereocenters. The highest BCUT2D eigenvalue weighted by Gasteiger charge is 2.25. The number of hydrogen-bond acceptors (Lipinski definition) is 4. The molecule has 1 aromatic carbocycles. The molecule has 0 amide bonds. The van der Waals surface area contributed by atoms with Crippen molar-refractivity contribution in [3.05, 3.63) is 29.8 Å². The minimum atomic E-state index is 0.0777. The van der Waals surface area contributed by atoms with Gasteiger partial charge in [0.25, 0.3) is 0 Å². The number of hydrogen-bond donors (Lipinski definition) is 2. The molecule has 0 aliphatic carbocycles. The molecule has 0 saturated carbocycles. The van der Waals surface area contributed by atoms with Crippen LogP contribution in [-0.2, 0) is 0 Å². The second-order valence-corrected chi connectivity index (χ2v) is 4.90. The predicted octanol–water partition coefficient (Wildman–Crippen LogP) is 1.05. The van der Waals surface area contributed by atoms with Gasteiger partial charge in [-0.3, -0.25) is 4.79 Å². The molecule has 1 saturated heterocycles. The third-order valence-corrected chi connectivity index (χ3v) is 3.43. The first kappa shape index (κ1) is 13.1. The Balaban J connectivity index is 2.20. The minimum absolute atomic E-state index is 0.0777. The van der Waals surface area contributed by atoms with Crippen LogP contribution in [0.4, 0.5) is 5.69 Å². The van der Waals surface area contributed by atoms with E-state index in [0.29, 0.717) is 6.04 Å². The standard InChI is InChI=1S/C14H20N2O2/c1-10-8-16(14(9-17)7-15-10)13-5-3-12(4-6-13)11(2)18/h3-6,10,14-15,17H,7-9H2,1-2H3. The molecule has 0 aromatic heterocycles. The zero-order valence-corrected chi connectivity index (χ0v) is 10.9. The molecule has 0 spiro atoms. The highest BCUT2D eigenvalue weighted by Crippen LogP contribution is 2.20. The van der Waals surface area contributed by atoms with Gasteiger partial charge in [-0.2, -0.15) is 0 Å². The molecule has 1 aliphatic heterocycles. The van der Waals surface area contributed by atoms with Gasteiger partial charge in [-0.15, -0.1) is 0 Å². The molecule has 0 bridgehead atoms. The Bertz CT molecular complexity index is 416. The van der Waals surface area contributed by atoms with Gasteiger partial charge in [0.05, 0.1) is 12.6 Å². The monoisotopic (exact) mass is 248 g/mol. The molecule has 0 radical (unpaired) electrons. The van der Waals surface area contributed by atoms with Crippen LogP contribution in [0.15, 0.2) is 24.3 Å². The number of carbonyl (C=O) groups is 1. The van der Waals surface area contributed by atoms with Gasteiger partial charge in [0, 0.05) is 30.4 Å². The van der Waals surface area contributed by atoms with E-state index in [9.17, 15) is 9.90 Å². The van der Waals surface area contributed by atoms with Gasteiger partial charge in [-0.25, -0.2) is 0 Å². The van der Waals surface area contributed by atoms with Crippen LogP contribution >= 0.6 is 0 Å². The number of aliphatic hydroxyl groups excluding tert-OH is 1. The fourth-order valence-electron chi connectivity index (χ4n) is 2.32. The maximum Gasteiger partial charge on any atom is 0.159 e. The summed E-state index contributed by atoms with van der Waals surface area (Å²) in [4.78, 5) is 13.4. The van der Waals surface area contributed by atoms with Crippen LogP contribution in [0.1, 0.15) is 24.2 Å². The Morgan fingerprint density at radius 3 is 2.67 bits per heavy atom. The van der Waals surface area contributed by atoms with Crippen molar-refractivity contribution in [1.29, 1.82) is 0 Å². The van der Waals surface area contributed by atoms with E-state index in [1.165, 1.54) is 0 Å². The Labute approximate surface area is 108 Å². The van der Waals surface area contributed by atoms with Gasteiger partial charge in [0.2, 0.25) is 0 Å². The van der Waals surface area contributed by atoms with E-state index >= 15 is 0 Å². The van der Waals surface area contributed by atoms with Crippen LogP contribution < -0.4 is 10.2 Å². The number of nitrogens with one attached hydrogen (secondary N) is 1. The second-order valence-electron chi connectivity index (χ2n) is 4.90. The zero-order valence-electron chi connectivity index (χ0n) is 10.9. The van der Waals surface area contributed by atoms with Crippen molar-refractivity contribution < 1.29 is 9.90 Å². The normalized spacial score (nSPS) is 24.1. The van der Waals surface area contributed by atoms with Gasteiger partial charge in [-0.1, -0.05) is 0 Å². The van der Waals surface area contributed by atoms with Crippen LogP contribution in [-0.4, -0.2) is 42.7 Å². The summed E-state index contributed by atoms with van der Waals surface area (Å²) in [6.45, 7) is 5.48. The number of benzene rings is 1. The minimum Gasteiger partial charge on any atom is -0.394 e. The number of ketones is 1. The van der Waals surface area contributed by atoms with Gasteiger partial charge in [0.15, 0.2) is 5.78 Å². The Hall–Kier alpha value is -1.39. The molecule has 4 nitrogen and oxygen atoms in total. The lowest BCUT2D eigenvalue weighted by molar-refractivity contribution is 0.101. The molecule has 1 aromatic rings. The van der Waals surface area contributed by atoms with Gasteiger partial charge in [0.1, 0.15) is 0 Å². The molecule has 2 N–H and O–H groups in total. The molecule has 4 heteroatoms. The quantitative estimate of drug-likeness (QED) is 0.785. The van der Waals surface area contributed by atoms with Crippen molar-refractivity contribution in [3.8, 4) is 0 Å². The van der Waals surface area contributed by atoms with Crippen LogP contribution in [0.25, 0.3) is 0 Å². The third kappa shape index (κ3) is 2.71. The smallest absolute Gasteiger partial charge is 0.159 e. The zero-order chi connectivity index (χ0) is 13.1. The first-order chi connectivity index (χ1) is 8.61. The third-order valence-electron chi connectivity index (χ3n) is 3.43. The first-order valence-electron chi connectivity index (χ1n) is 6.33. The SMILES string of the molecule is CC(=O)c1ccc(N2CC(C)NCC2CO)cc1. The van der Waals surface area contributed by atoms with E-state index in [0.717, 1.165) is 24.3 Å². The molecule has 2 rings (SSSR count). The van der Waals surface area contributed by atoms with Gasteiger partial charge < -0.3 is 15.3 Å². The highest BCUT2D eigenvalue weighted by atomic mass is 16.3. The summed E-state index contributed by atoms with van der Waals surface area (Å²) in [5, 5.41) is 12.8. The van der Waals surface area contributed by atoms with E-state index in [4.69, 9.17) is 0 Å². The molecule has 98 valence electrons. The van der Waals surface area contributed by atoms with Crippen LogP contribution in [0.5, 0.6) is 0 Å². The summed E-state index contributed by atoms with van der Waals surface area (Å²) in [5.74, 6) is 0.0777. The lowest BCUT2D eigenvalue weighted by Crippen LogP contribution is -2.57. The van der Waals surface area contributed by atoms with Crippen molar-refractivity contribution in [1.82, 2.24) is 5.32 Å². The average molecular weight is 248 g/mol. The predicted molar refractivity (Wildman–Crippen MR) is 72.1 cm³/mol. The fraction of sp³-hybridized carbons (Fsp3) is 0.500. The summed E-state index contributed by atoms with van der Waals surface area (Å²) in [6.07, 6.45) is 0. The maximum absolute atomic E-state index is 11.2. The van der Waals surface area contributed by atoms with Crippen molar-refractivity contribution in [2.75, 3.05) is 24.6 Å². The molecular weight excluding hydrogens is 228 g/mol. The molecule has 2 atom stereocenters. The number of aliphatic hydroxyl groups is 1. The van der Waals surface area contributed by atoms with Gasteiger partial charge in [-0.05, 0) is 38.1 Å². The summed E-state index contributed by atoms with van der Waals surface area (Å²) in [7, 11) is 0. The lowest BCUT2D eigenvalue weighted by atomic mass is 10.1. The first-order valence-corrected chi connectivity index (χ1v) is 6.33. The summed E-state index contributed by atoms with van der Waals surface area (Å²) >= 11 is 0. The summed E-state index contributed by atoms with van der Waals surface area (Å²) < 4.78 is 0. The highest BCUT2D eigenvalue weighted by molar-refractivity contribution is 5.94. The fourth-order valence-corrected chi connectivity index (χ4v) is 2.32. The van der Waals surface area contributed by atoms with Crippen LogP contribution in [0.3, 0.4) is 0 Å². The maximum atomic E-state index is 11.2. The Morgan fingerprint density at radius 2 is 2.11 bits per heavy atom. The molecule has 1 fully saturated rings. The van der Waals surface area contributed by atoms with Crippen LogP contribution in [0.2, 0.25) is 0 Å². The van der Waals surface area contributed by atoms with E-state index in [-0.39, 0.29) is 18.4 Å². The number of Topliss-reactive ketones (excluding diaryl/α,β-unsaturated/α-hetero) is 1. The average Bonchev–Trinajstić information content (AvgIpc) is 2.39. The topological polar surface area (TPSA) is 52.6 Å². The number of piperazine rings is 1. The Morgan fingerprint density at radius 1 is 1.44 bits per heavy atom. The van der Waals surface area contributed by atoms with E-state index < -0.39 is 0 Å². The molecule has 1 aliphatic rings. The number of nitrogens with zero attached hydrogens (tertiary/aromatic N) is 1. The van der Waals surface area contributed by atoms with Crippen molar-refractivity contribution >= 4 is 11.5 Å². The summed E-state index contributed by atoms with van der Waals surface area (Å²) in [5.41, 5.74) is 1.79. The number of rotatable bonds is 3. The molecule has 1 heterocycles. The number of anilines is 1. The second kappa shape index (κ2) is 5.50. The molecular formula is C14H20N2O2. The van der Waals surface area contributed by atoms with E-state index in [2.05, 4.69) is 17.1 Å². The number of carbonyl (C=O) groups excluding carboxylic acids is 1. The van der Waals surface area contributed by atoms with E-state index in [1.807, 2.05) is 24.3 Å². The van der Waals surface area contributed by atoms with Crippen molar-refractivity contribution in [3.63, 3.8) is 0 Å². The lowest BCUT2D eigenvalue weighted by Gasteiger charge is -2.40. The van der Waals surface area contributed by atoms with Gasteiger partial charge >= 0.3 is 0 Å². The van der Waals surface area contributed by atoms with Crippen molar-refractivity contribution in [2.24, 2.45) is 0 Å². The van der Waals surface area contributed by atoms with Crippen molar-refractivity contribution in [2.45, 2.75) is 25.9 Å². The molecule has 18 heavy (non-hydrogen) atoms. The largest absolute Gasteiger partial charge is 0.394 e. The van der Waals surface area contributed by atoms with E-state index in [1.54, 1.807) is 6.92 Å². The Kier molecular flexibility index (Phi) is 3.99. The van der Waals surface area contributed by atoms with Crippen LogP contribution in [0, 0.1) is 0 Å².